The Kier molecular flexibility index (Phi) is 6.31. The van der Waals surface area contributed by atoms with Gasteiger partial charge in [0.2, 0.25) is 15.9 Å². The first kappa shape index (κ1) is 15.1. The van der Waals surface area contributed by atoms with E-state index in [9.17, 15) is 8.42 Å². The minimum atomic E-state index is -3.24. The highest BCUT2D eigenvalue weighted by Gasteiger charge is 2.11. The highest BCUT2D eigenvalue weighted by Crippen LogP contribution is 2.04. The van der Waals surface area contributed by atoms with Crippen molar-refractivity contribution >= 4 is 10.0 Å². The maximum absolute atomic E-state index is 11.6. The third-order valence-electron chi connectivity index (χ3n) is 2.48. The van der Waals surface area contributed by atoms with E-state index in [0.29, 0.717) is 12.3 Å². The Labute approximate surface area is 108 Å². The fourth-order valence-electron chi connectivity index (χ4n) is 1.43. The molecule has 7 heteroatoms. The molecule has 1 aromatic heterocycles. The van der Waals surface area contributed by atoms with Crippen LogP contribution in [-0.4, -0.2) is 32.7 Å². The zero-order valence-corrected chi connectivity index (χ0v) is 11.7. The molecule has 0 radical (unpaired) electrons. The first-order valence-corrected chi connectivity index (χ1v) is 7.78. The summed E-state index contributed by atoms with van der Waals surface area (Å²) in [5.74, 6) is 1.31. The van der Waals surface area contributed by atoms with Gasteiger partial charge >= 0.3 is 0 Å². The zero-order valence-electron chi connectivity index (χ0n) is 10.9. The molecular weight excluding hydrogens is 254 g/mol. The van der Waals surface area contributed by atoms with Gasteiger partial charge in [0.1, 0.15) is 5.76 Å². The summed E-state index contributed by atoms with van der Waals surface area (Å²) in [6.45, 7) is 2.90. The predicted molar refractivity (Wildman–Crippen MR) is 69.7 cm³/mol. The van der Waals surface area contributed by atoms with Gasteiger partial charge in [0.25, 0.3) is 0 Å². The minimum absolute atomic E-state index is 0.119. The van der Waals surface area contributed by atoms with Crippen LogP contribution in [0.1, 0.15) is 31.4 Å². The van der Waals surface area contributed by atoms with Gasteiger partial charge in [-0.3, -0.25) is 0 Å². The molecule has 0 saturated carbocycles. The molecule has 0 aliphatic heterocycles. The first-order chi connectivity index (χ1) is 8.57. The fraction of sp³-hybridized carbons (Fsp3) is 0.727. The van der Waals surface area contributed by atoms with E-state index >= 15 is 0 Å². The van der Waals surface area contributed by atoms with Crippen molar-refractivity contribution < 1.29 is 12.8 Å². The predicted octanol–water partition coefficient (Wildman–Crippen LogP) is 0.656. The molecule has 0 spiro atoms. The molecule has 0 amide bonds. The van der Waals surface area contributed by atoms with Crippen LogP contribution in [0.4, 0.5) is 0 Å². The number of sulfonamides is 1. The normalized spacial score (nSPS) is 11.9. The highest BCUT2D eigenvalue weighted by molar-refractivity contribution is 7.89. The number of unbranched alkanes of at least 4 members (excludes halogenated alkanes) is 1. The number of oxazole rings is 1. The average Bonchev–Trinajstić information content (AvgIpc) is 2.80. The van der Waals surface area contributed by atoms with Gasteiger partial charge in [0.05, 0.1) is 18.5 Å². The number of nitrogens with one attached hydrogen (secondary N) is 2. The Hall–Kier alpha value is -0.920. The van der Waals surface area contributed by atoms with Gasteiger partial charge in [-0.25, -0.2) is 18.1 Å². The molecule has 0 bridgehead atoms. The van der Waals surface area contributed by atoms with Gasteiger partial charge in [-0.2, -0.15) is 0 Å². The van der Waals surface area contributed by atoms with Crippen LogP contribution in [0.2, 0.25) is 0 Å². The number of hydrogen-bond acceptors (Lipinski definition) is 5. The second-order valence-electron chi connectivity index (χ2n) is 4.02. The lowest BCUT2D eigenvalue weighted by atomic mass is 10.3. The number of hydrogen-bond donors (Lipinski definition) is 2. The van der Waals surface area contributed by atoms with E-state index in [0.717, 1.165) is 25.1 Å². The second-order valence-corrected chi connectivity index (χ2v) is 5.95. The molecule has 2 N–H and O–H groups in total. The van der Waals surface area contributed by atoms with E-state index in [1.54, 1.807) is 6.20 Å². The molecule has 6 nitrogen and oxygen atoms in total. The smallest absolute Gasteiger partial charge is 0.212 e. The molecule has 0 aliphatic carbocycles. The van der Waals surface area contributed by atoms with E-state index in [-0.39, 0.29) is 12.3 Å². The standard InChI is InChI=1S/C11H21N3O3S/c1-3-10-8-13-11(17-10)9-14-18(15,16)7-5-4-6-12-2/h8,12,14H,3-7,9H2,1-2H3. The van der Waals surface area contributed by atoms with Crippen molar-refractivity contribution in [2.24, 2.45) is 0 Å². The third-order valence-corrected chi connectivity index (χ3v) is 3.89. The van der Waals surface area contributed by atoms with E-state index in [4.69, 9.17) is 4.42 Å². The highest BCUT2D eigenvalue weighted by atomic mass is 32.2. The van der Waals surface area contributed by atoms with Crippen LogP contribution in [0.3, 0.4) is 0 Å². The summed E-state index contributed by atoms with van der Waals surface area (Å²) in [7, 11) is -1.39. The van der Waals surface area contributed by atoms with Crippen LogP contribution in [0, 0.1) is 0 Å². The minimum Gasteiger partial charge on any atom is -0.444 e. The van der Waals surface area contributed by atoms with Crippen LogP contribution < -0.4 is 10.0 Å². The van der Waals surface area contributed by atoms with Crippen molar-refractivity contribution in [2.45, 2.75) is 32.7 Å². The van der Waals surface area contributed by atoms with Crippen molar-refractivity contribution in [3.05, 3.63) is 17.8 Å². The average molecular weight is 275 g/mol. The van der Waals surface area contributed by atoms with Gasteiger partial charge in [-0.15, -0.1) is 0 Å². The van der Waals surface area contributed by atoms with E-state index in [1.807, 2.05) is 14.0 Å². The lowest BCUT2D eigenvalue weighted by Gasteiger charge is -2.04. The van der Waals surface area contributed by atoms with Crippen LogP contribution in [0.25, 0.3) is 0 Å². The summed E-state index contributed by atoms with van der Waals surface area (Å²) in [5, 5.41) is 2.98. The molecule has 0 unspecified atom stereocenters. The van der Waals surface area contributed by atoms with E-state index in [2.05, 4.69) is 15.0 Å². The quantitative estimate of drug-likeness (QED) is 0.647. The molecule has 0 aliphatic rings. The van der Waals surface area contributed by atoms with Crippen LogP contribution in [0.5, 0.6) is 0 Å². The van der Waals surface area contributed by atoms with E-state index in [1.165, 1.54) is 0 Å². The summed E-state index contributed by atoms with van der Waals surface area (Å²) in [6.07, 6.45) is 3.86. The van der Waals surface area contributed by atoms with Crippen LogP contribution >= 0.6 is 0 Å². The Balaban J connectivity index is 2.32. The first-order valence-electron chi connectivity index (χ1n) is 6.13. The van der Waals surface area contributed by atoms with Crippen molar-refractivity contribution in [2.75, 3.05) is 19.3 Å². The van der Waals surface area contributed by atoms with Gasteiger partial charge in [-0.05, 0) is 26.4 Å². The molecule has 0 saturated heterocycles. The summed E-state index contributed by atoms with van der Waals surface area (Å²) in [5.41, 5.74) is 0. The SMILES string of the molecule is CCc1cnc(CNS(=O)(=O)CCCCNC)o1. The van der Waals surface area contributed by atoms with Gasteiger partial charge < -0.3 is 9.73 Å². The number of nitrogens with zero attached hydrogens (tertiary/aromatic N) is 1. The molecule has 104 valence electrons. The Morgan fingerprint density at radius 1 is 1.39 bits per heavy atom. The molecule has 1 aromatic rings. The molecule has 0 fully saturated rings. The fourth-order valence-corrected chi connectivity index (χ4v) is 2.50. The summed E-state index contributed by atoms with van der Waals surface area (Å²) < 4.78 is 31.1. The van der Waals surface area contributed by atoms with Gasteiger partial charge in [-0.1, -0.05) is 6.92 Å². The van der Waals surface area contributed by atoms with Gasteiger partial charge in [0.15, 0.2) is 0 Å². The molecule has 0 aromatic carbocycles. The van der Waals surface area contributed by atoms with Crippen molar-refractivity contribution in [3.8, 4) is 0 Å². The Morgan fingerprint density at radius 3 is 2.78 bits per heavy atom. The van der Waals surface area contributed by atoms with Crippen molar-refractivity contribution in [1.82, 2.24) is 15.0 Å². The Morgan fingerprint density at radius 2 is 2.17 bits per heavy atom. The second kappa shape index (κ2) is 7.50. The summed E-state index contributed by atoms with van der Waals surface area (Å²) >= 11 is 0. The maximum Gasteiger partial charge on any atom is 0.212 e. The lowest BCUT2D eigenvalue weighted by Crippen LogP contribution is -2.26. The molecule has 1 rings (SSSR count). The lowest BCUT2D eigenvalue weighted by molar-refractivity contribution is 0.452. The van der Waals surface area contributed by atoms with Gasteiger partial charge in [0, 0.05) is 6.42 Å². The topological polar surface area (TPSA) is 84.2 Å². The molecular formula is C11H21N3O3S. The molecule has 18 heavy (non-hydrogen) atoms. The number of aryl methyl sites for hydroxylation is 1. The largest absolute Gasteiger partial charge is 0.444 e. The Bertz CT molecular complexity index is 442. The van der Waals surface area contributed by atoms with Crippen LogP contribution in [-0.2, 0) is 23.0 Å². The van der Waals surface area contributed by atoms with Crippen molar-refractivity contribution in [1.29, 1.82) is 0 Å². The number of aromatic nitrogens is 1. The maximum atomic E-state index is 11.6. The number of rotatable bonds is 9. The van der Waals surface area contributed by atoms with E-state index < -0.39 is 10.0 Å². The monoisotopic (exact) mass is 275 g/mol. The van der Waals surface area contributed by atoms with Crippen molar-refractivity contribution in [3.63, 3.8) is 0 Å². The molecule has 1 heterocycles. The molecule has 0 atom stereocenters. The summed E-state index contributed by atoms with van der Waals surface area (Å²) in [4.78, 5) is 4.00. The third kappa shape index (κ3) is 5.61. The zero-order chi connectivity index (χ0) is 13.4. The summed E-state index contributed by atoms with van der Waals surface area (Å²) in [6, 6.07) is 0. The van der Waals surface area contributed by atoms with Crippen LogP contribution in [0.15, 0.2) is 10.6 Å².